The van der Waals surface area contributed by atoms with Gasteiger partial charge in [0, 0.05) is 44.3 Å². The predicted molar refractivity (Wildman–Crippen MR) is 120 cm³/mol. The molecule has 1 unspecified atom stereocenters. The van der Waals surface area contributed by atoms with Crippen molar-refractivity contribution < 1.29 is 9.53 Å². The number of aryl methyl sites for hydroxylation is 1. The number of nitrogens with zero attached hydrogens (tertiary/aromatic N) is 4. The number of carbonyl (C=O) groups is 1. The van der Waals surface area contributed by atoms with E-state index in [1.807, 2.05) is 49.7 Å². The minimum atomic E-state index is -0.272. The van der Waals surface area contributed by atoms with Crippen molar-refractivity contribution in [2.75, 3.05) is 14.2 Å². The van der Waals surface area contributed by atoms with E-state index in [2.05, 4.69) is 31.0 Å². The van der Waals surface area contributed by atoms with E-state index in [1.54, 1.807) is 14.2 Å². The first-order valence-electron chi connectivity index (χ1n) is 10.6. The van der Waals surface area contributed by atoms with Crippen LogP contribution in [-0.4, -0.2) is 52.4 Å². The summed E-state index contributed by atoms with van der Waals surface area (Å²) in [6, 6.07) is 7.83. The van der Waals surface area contributed by atoms with Crippen LogP contribution >= 0.6 is 0 Å². The lowest BCUT2D eigenvalue weighted by Crippen LogP contribution is -2.46. The highest BCUT2D eigenvalue weighted by atomic mass is 16.5. The minimum absolute atomic E-state index is 0.0736. The molecule has 1 aliphatic rings. The molecule has 1 amide bonds. The second-order valence-corrected chi connectivity index (χ2v) is 8.77. The molecule has 3 N–H and O–H groups in total. The number of hydrogen-bond acceptors (Lipinski definition) is 5. The molecule has 1 aliphatic heterocycles. The molecule has 9 heteroatoms. The maximum absolute atomic E-state index is 12.4. The molecule has 0 spiro atoms. The number of ether oxygens (including phenoxy) is 1. The highest BCUT2D eigenvalue weighted by Gasteiger charge is 2.22. The Morgan fingerprint density at radius 2 is 2.16 bits per heavy atom. The molecule has 3 rings (SSSR count). The van der Waals surface area contributed by atoms with Crippen LogP contribution in [-0.2, 0) is 30.9 Å². The van der Waals surface area contributed by atoms with Crippen LogP contribution in [0, 0.1) is 0 Å². The summed E-state index contributed by atoms with van der Waals surface area (Å²) in [7, 11) is 3.40. The number of rotatable bonds is 6. The molecular weight excluding hydrogens is 394 g/mol. The Balaban J connectivity index is 1.55. The summed E-state index contributed by atoms with van der Waals surface area (Å²) in [4.78, 5) is 21.3. The first-order valence-corrected chi connectivity index (χ1v) is 10.6. The molecule has 0 radical (unpaired) electrons. The number of benzene rings is 1. The Morgan fingerprint density at radius 3 is 2.87 bits per heavy atom. The lowest BCUT2D eigenvalue weighted by Gasteiger charge is -2.25. The summed E-state index contributed by atoms with van der Waals surface area (Å²) >= 11 is 0. The molecule has 9 nitrogen and oxygen atoms in total. The Morgan fingerprint density at radius 1 is 1.35 bits per heavy atom. The van der Waals surface area contributed by atoms with E-state index in [9.17, 15) is 4.79 Å². The first-order chi connectivity index (χ1) is 14.8. The van der Waals surface area contributed by atoms with Crippen molar-refractivity contribution in [1.82, 2.24) is 30.7 Å². The second-order valence-electron chi connectivity index (χ2n) is 8.77. The third-order valence-corrected chi connectivity index (χ3v) is 4.88. The fraction of sp³-hybridized carbons (Fsp3) is 0.545. The van der Waals surface area contributed by atoms with Crippen molar-refractivity contribution >= 4 is 11.9 Å². The van der Waals surface area contributed by atoms with Gasteiger partial charge in [-0.2, -0.15) is 5.10 Å². The van der Waals surface area contributed by atoms with Gasteiger partial charge in [-0.1, -0.05) is 12.1 Å². The maximum Gasteiger partial charge on any atom is 0.251 e. The highest BCUT2D eigenvalue weighted by molar-refractivity contribution is 5.94. The molecule has 1 aromatic carbocycles. The monoisotopic (exact) mass is 427 g/mol. The van der Waals surface area contributed by atoms with Crippen LogP contribution < -0.4 is 16.0 Å². The molecule has 168 valence electrons. The zero-order chi connectivity index (χ0) is 22.4. The molecule has 0 saturated heterocycles. The van der Waals surface area contributed by atoms with Crippen LogP contribution in [0.1, 0.15) is 54.8 Å². The van der Waals surface area contributed by atoms with Gasteiger partial charge < -0.3 is 20.7 Å². The Hall–Kier alpha value is -2.94. The Labute approximate surface area is 183 Å². The predicted octanol–water partition coefficient (Wildman–Crippen LogP) is 1.63. The number of methoxy groups -OCH3 is 1. The average Bonchev–Trinajstić information content (AvgIpc) is 3.12. The van der Waals surface area contributed by atoms with Gasteiger partial charge in [-0.15, -0.1) is 0 Å². The van der Waals surface area contributed by atoms with Gasteiger partial charge in [0.05, 0.1) is 6.54 Å². The number of fused-ring (bicyclic) bond motifs is 1. The van der Waals surface area contributed by atoms with Crippen molar-refractivity contribution in [1.29, 1.82) is 0 Å². The van der Waals surface area contributed by atoms with E-state index in [-0.39, 0.29) is 17.5 Å². The molecule has 0 aliphatic carbocycles. The van der Waals surface area contributed by atoms with Crippen LogP contribution in [0.3, 0.4) is 0 Å². The number of aliphatic imine (C=N–C) groups is 1. The number of guanidine groups is 1. The lowest BCUT2D eigenvalue weighted by atomic mass is 10.1. The molecule has 2 aromatic rings. The van der Waals surface area contributed by atoms with Crippen molar-refractivity contribution in [3.8, 4) is 0 Å². The summed E-state index contributed by atoms with van der Waals surface area (Å²) in [5, 5.41) is 14.3. The second kappa shape index (κ2) is 9.91. The number of carbonyl (C=O) groups excluding carboxylic acids is 1. The first kappa shape index (κ1) is 22.7. The van der Waals surface area contributed by atoms with Crippen molar-refractivity contribution in [3.63, 3.8) is 0 Å². The number of hydrogen-bond donors (Lipinski definition) is 3. The molecule has 0 bridgehead atoms. The van der Waals surface area contributed by atoms with Gasteiger partial charge in [-0.05, 0) is 44.9 Å². The van der Waals surface area contributed by atoms with Gasteiger partial charge in [0.2, 0.25) is 0 Å². The molecule has 0 saturated carbocycles. The van der Waals surface area contributed by atoms with E-state index in [0.717, 1.165) is 42.6 Å². The molecular formula is C22H33N7O2. The summed E-state index contributed by atoms with van der Waals surface area (Å²) in [5.74, 6) is 2.36. The zero-order valence-electron chi connectivity index (χ0n) is 19.0. The van der Waals surface area contributed by atoms with Crippen molar-refractivity contribution in [2.45, 2.75) is 64.9 Å². The van der Waals surface area contributed by atoms with Gasteiger partial charge in [0.1, 0.15) is 12.4 Å². The molecule has 1 atom stereocenters. The fourth-order valence-corrected chi connectivity index (χ4v) is 3.48. The topological polar surface area (TPSA) is 105 Å². The van der Waals surface area contributed by atoms with Gasteiger partial charge in [-0.25, -0.2) is 9.67 Å². The summed E-state index contributed by atoms with van der Waals surface area (Å²) in [6.07, 6.45) is 1.81. The van der Waals surface area contributed by atoms with Gasteiger partial charge in [-0.3, -0.25) is 9.79 Å². The smallest absolute Gasteiger partial charge is 0.251 e. The molecule has 0 fully saturated rings. The Bertz CT molecular complexity index is 930. The number of amides is 1. The lowest BCUT2D eigenvalue weighted by molar-refractivity contribution is 0.0919. The van der Waals surface area contributed by atoms with E-state index < -0.39 is 0 Å². The average molecular weight is 428 g/mol. The fourth-order valence-electron chi connectivity index (χ4n) is 3.48. The van der Waals surface area contributed by atoms with Crippen LogP contribution in [0.15, 0.2) is 29.3 Å². The molecule has 1 aromatic heterocycles. The largest absolute Gasteiger partial charge is 0.377 e. The normalized spacial score (nSPS) is 16.5. The minimum Gasteiger partial charge on any atom is -0.377 e. The van der Waals surface area contributed by atoms with Crippen molar-refractivity contribution in [3.05, 3.63) is 47.0 Å². The highest BCUT2D eigenvalue weighted by Crippen LogP contribution is 2.14. The molecule has 2 heterocycles. The number of aromatic nitrogens is 3. The zero-order valence-corrected chi connectivity index (χ0v) is 19.0. The van der Waals surface area contributed by atoms with Crippen LogP contribution in [0.5, 0.6) is 0 Å². The Kier molecular flexibility index (Phi) is 7.27. The van der Waals surface area contributed by atoms with Gasteiger partial charge in [0.25, 0.3) is 5.91 Å². The quantitative estimate of drug-likeness (QED) is 0.478. The van der Waals surface area contributed by atoms with E-state index >= 15 is 0 Å². The van der Waals surface area contributed by atoms with E-state index in [0.29, 0.717) is 18.7 Å². The summed E-state index contributed by atoms with van der Waals surface area (Å²) in [5.41, 5.74) is 1.39. The van der Waals surface area contributed by atoms with Crippen LogP contribution in [0.25, 0.3) is 0 Å². The third kappa shape index (κ3) is 6.52. The van der Waals surface area contributed by atoms with E-state index in [4.69, 9.17) is 4.74 Å². The van der Waals surface area contributed by atoms with E-state index in [1.165, 1.54) is 0 Å². The SMILES string of the molecule is CN=C(NCc1cccc(C(=O)NC(C)(C)C)c1)NC1CCc2nc(COC)nn2C1. The van der Waals surface area contributed by atoms with Gasteiger partial charge >= 0.3 is 0 Å². The van der Waals surface area contributed by atoms with Crippen molar-refractivity contribution in [2.24, 2.45) is 4.99 Å². The third-order valence-electron chi connectivity index (χ3n) is 4.88. The molecule has 31 heavy (non-hydrogen) atoms. The van der Waals surface area contributed by atoms with Crippen LogP contribution in [0.2, 0.25) is 0 Å². The van der Waals surface area contributed by atoms with Gasteiger partial charge in [0.15, 0.2) is 11.8 Å². The standard InChI is InChI=1S/C22H33N7O2/c1-22(2,3)27-20(30)16-8-6-7-15(11-16)12-24-21(23-4)25-17-9-10-19-26-18(14-31-5)28-29(19)13-17/h6-8,11,17H,9-10,12-14H2,1-5H3,(H,27,30)(H2,23,24,25). The maximum atomic E-state index is 12.4. The summed E-state index contributed by atoms with van der Waals surface area (Å²) < 4.78 is 7.07. The summed E-state index contributed by atoms with van der Waals surface area (Å²) in [6.45, 7) is 7.63. The van der Waals surface area contributed by atoms with Crippen LogP contribution in [0.4, 0.5) is 0 Å². The number of nitrogens with one attached hydrogen (secondary N) is 3.